The molecule has 3 rings (SSSR count). The van der Waals surface area contributed by atoms with Crippen molar-refractivity contribution < 1.29 is 9.59 Å². The third-order valence-electron chi connectivity index (χ3n) is 4.30. The van der Waals surface area contributed by atoms with Crippen LogP contribution in [0, 0.1) is 0 Å². The Bertz CT molecular complexity index is 723. The predicted molar refractivity (Wildman–Crippen MR) is 99.9 cm³/mol. The van der Waals surface area contributed by atoms with Gasteiger partial charge >= 0.3 is 6.03 Å². The van der Waals surface area contributed by atoms with Crippen molar-refractivity contribution >= 4 is 23.3 Å². The Morgan fingerprint density at radius 1 is 0.760 bits per heavy atom. The van der Waals surface area contributed by atoms with Gasteiger partial charge in [0.2, 0.25) is 0 Å². The molecule has 1 aliphatic heterocycles. The molecule has 0 bridgehead atoms. The third kappa shape index (κ3) is 4.83. The van der Waals surface area contributed by atoms with Crippen LogP contribution in [-0.4, -0.2) is 29.9 Å². The molecule has 2 aromatic rings. The predicted octanol–water partition coefficient (Wildman–Crippen LogP) is 4.35. The van der Waals surface area contributed by atoms with Crippen LogP contribution >= 0.6 is 0 Å². The van der Waals surface area contributed by atoms with E-state index in [1.54, 1.807) is 18.2 Å². The number of rotatable bonds is 3. The Kier molecular flexibility index (Phi) is 5.67. The van der Waals surface area contributed by atoms with E-state index in [-0.39, 0.29) is 11.9 Å². The molecule has 1 saturated heterocycles. The Balaban J connectivity index is 1.63. The lowest BCUT2D eigenvalue weighted by Crippen LogP contribution is -2.35. The van der Waals surface area contributed by atoms with Crippen LogP contribution in [0.25, 0.3) is 0 Å². The zero-order chi connectivity index (χ0) is 17.5. The van der Waals surface area contributed by atoms with Crippen molar-refractivity contribution in [2.45, 2.75) is 25.7 Å². The van der Waals surface area contributed by atoms with E-state index in [0.29, 0.717) is 16.9 Å². The molecule has 0 radical (unpaired) electrons. The maximum absolute atomic E-state index is 12.4. The summed E-state index contributed by atoms with van der Waals surface area (Å²) < 4.78 is 0. The SMILES string of the molecule is O=C(Nc1cccc(NC(=O)N2CCCCCC2)c1)c1ccccc1. The van der Waals surface area contributed by atoms with Gasteiger partial charge in [-0.3, -0.25) is 4.79 Å². The minimum absolute atomic E-state index is 0.0755. The number of carbonyl (C=O) groups is 2. The molecule has 1 fully saturated rings. The minimum Gasteiger partial charge on any atom is -0.325 e. The van der Waals surface area contributed by atoms with Crippen LogP contribution in [0.5, 0.6) is 0 Å². The zero-order valence-electron chi connectivity index (χ0n) is 14.2. The van der Waals surface area contributed by atoms with Crippen LogP contribution in [0.3, 0.4) is 0 Å². The number of amides is 3. The second-order valence-electron chi connectivity index (χ2n) is 6.23. The van der Waals surface area contributed by atoms with E-state index in [1.165, 1.54) is 12.8 Å². The average Bonchev–Trinajstić information content (AvgIpc) is 2.92. The summed E-state index contributed by atoms with van der Waals surface area (Å²) in [5.74, 6) is -0.170. The molecule has 25 heavy (non-hydrogen) atoms. The smallest absolute Gasteiger partial charge is 0.321 e. The summed E-state index contributed by atoms with van der Waals surface area (Å²) >= 11 is 0. The summed E-state index contributed by atoms with van der Waals surface area (Å²) in [6.07, 6.45) is 4.48. The number of hydrogen-bond donors (Lipinski definition) is 2. The molecule has 0 atom stereocenters. The van der Waals surface area contributed by atoms with Crippen LogP contribution in [0.2, 0.25) is 0 Å². The second-order valence-corrected chi connectivity index (χ2v) is 6.23. The number of likely N-dealkylation sites (tertiary alicyclic amines) is 1. The molecule has 5 nitrogen and oxygen atoms in total. The summed E-state index contributed by atoms with van der Waals surface area (Å²) in [4.78, 5) is 26.5. The van der Waals surface area contributed by atoms with Gasteiger partial charge in [-0.05, 0) is 43.2 Å². The molecule has 1 heterocycles. The van der Waals surface area contributed by atoms with Crippen LogP contribution in [0.1, 0.15) is 36.0 Å². The first-order valence-corrected chi connectivity index (χ1v) is 8.75. The molecule has 0 aliphatic carbocycles. The highest BCUT2D eigenvalue weighted by Gasteiger charge is 2.15. The highest BCUT2D eigenvalue weighted by Crippen LogP contribution is 2.18. The van der Waals surface area contributed by atoms with Crippen molar-refractivity contribution in [3.63, 3.8) is 0 Å². The van der Waals surface area contributed by atoms with Crippen molar-refractivity contribution in [2.75, 3.05) is 23.7 Å². The summed E-state index contributed by atoms with van der Waals surface area (Å²) in [5, 5.41) is 5.79. The van der Waals surface area contributed by atoms with Crippen molar-refractivity contribution in [1.82, 2.24) is 4.90 Å². The van der Waals surface area contributed by atoms with E-state index >= 15 is 0 Å². The molecule has 0 aromatic heterocycles. The molecule has 130 valence electrons. The fraction of sp³-hybridized carbons (Fsp3) is 0.300. The van der Waals surface area contributed by atoms with Crippen LogP contribution in [0.15, 0.2) is 54.6 Å². The molecule has 2 N–H and O–H groups in total. The van der Waals surface area contributed by atoms with Gasteiger partial charge in [0.25, 0.3) is 5.91 Å². The molecule has 0 unspecified atom stereocenters. The van der Waals surface area contributed by atoms with Crippen molar-refractivity contribution in [3.05, 3.63) is 60.2 Å². The van der Waals surface area contributed by atoms with Gasteiger partial charge in [0.1, 0.15) is 0 Å². The Hall–Kier alpha value is -2.82. The third-order valence-corrected chi connectivity index (χ3v) is 4.30. The van der Waals surface area contributed by atoms with E-state index in [1.807, 2.05) is 41.3 Å². The standard InChI is InChI=1S/C20H23N3O2/c24-19(16-9-4-3-5-10-16)21-17-11-8-12-18(15-17)22-20(25)23-13-6-1-2-7-14-23/h3-5,8-12,15H,1-2,6-7,13-14H2,(H,21,24)(H,22,25). The average molecular weight is 337 g/mol. The number of hydrogen-bond acceptors (Lipinski definition) is 2. The van der Waals surface area contributed by atoms with Crippen LogP contribution in [-0.2, 0) is 0 Å². The number of urea groups is 1. The van der Waals surface area contributed by atoms with E-state index in [4.69, 9.17) is 0 Å². The van der Waals surface area contributed by atoms with Gasteiger partial charge in [0.05, 0.1) is 0 Å². The van der Waals surface area contributed by atoms with Crippen molar-refractivity contribution in [3.8, 4) is 0 Å². The maximum atomic E-state index is 12.4. The number of nitrogens with one attached hydrogen (secondary N) is 2. The molecule has 5 heteroatoms. The quantitative estimate of drug-likeness (QED) is 0.875. The monoisotopic (exact) mass is 337 g/mol. The van der Waals surface area contributed by atoms with Gasteiger partial charge in [-0.2, -0.15) is 0 Å². The minimum atomic E-state index is -0.170. The van der Waals surface area contributed by atoms with Gasteiger partial charge in [-0.15, -0.1) is 0 Å². The molecule has 1 aliphatic rings. The molecule has 0 spiro atoms. The first kappa shape index (κ1) is 17.0. The van der Waals surface area contributed by atoms with Crippen LogP contribution < -0.4 is 10.6 Å². The summed E-state index contributed by atoms with van der Waals surface area (Å²) in [7, 11) is 0. The van der Waals surface area contributed by atoms with Gasteiger partial charge in [0, 0.05) is 30.0 Å². The number of nitrogens with zero attached hydrogens (tertiary/aromatic N) is 1. The fourth-order valence-electron chi connectivity index (χ4n) is 2.94. The highest BCUT2D eigenvalue weighted by molar-refractivity contribution is 6.04. The highest BCUT2D eigenvalue weighted by atomic mass is 16.2. The summed E-state index contributed by atoms with van der Waals surface area (Å²) in [5.41, 5.74) is 1.93. The Labute approximate surface area is 148 Å². The molecule has 3 amide bonds. The van der Waals surface area contributed by atoms with E-state index in [2.05, 4.69) is 10.6 Å². The van der Waals surface area contributed by atoms with Gasteiger partial charge in [0.15, 0.2) is 0 Å². The van der Waals surface area contributed by atoms with E-state index < -0.39 is 0 Å². The largest absolute Gasteiger partial charge is 0.325 e. The maximum Gasteiger partial charge on any atom is 0.321 e. The second kappa shape index (κ2) is 8.33. The molecule has 0 saturated carbocycles. The Morgan fingerprint density at radius 3 is 2.08 bits per heavy atom. The molecule has 2 aromatic carbocycles. The van der Waals surface area contributed by atoms with Gasteiger partial charge in [-0.25, -0.2) is 4.79 Å². The van der Waals surface area contributed by atoms with Gasteiger partial charge < -0.3 is 15.5 Å². The first-order valence-electron chi connectivity index (χ1n) is 8.75. The number of carbonyl (C=O) groups excluding carboxylic acids is 2. The van der Waals surface area contributed by atoms with E-state index in [9.17, 15) is 9.59 Å². The van der Waals surface area contributed by atoms with Crippen LogP contribution in [0.4, 0.5) is 16.2 Å². The lowest BCUT2D eigenvalue weighted by atomic mass is 10.2. The summed E-state index contributed by atoms with van der Waals surface area (Å²) in [6.45, 7) is 1.60. The first-order chi connectivity index (χ1) is 12.2. The lowest BCUT2D eigenvalue weighted by Gasteiger charge is -2.21. The molecular formula is C20H23N3O2. The lowest BCUT2D eigenvalue weighted by molar-refractivity contribution is 0.102. The summed E-state index contributed by atoms with van der Waals surface area (Å²) in [6, 6.07) is 16.2. The van der Waals surface area contributed by atoms with Crippen molar-refractivity contribution in [1.29, 1.82) is 0 Å². The Morgan fingerprint density at radius 2 is 1.40 bits per heavy atom. The fourth-order valence-corrected chi connectivity index (χ4v) is 2.94. The van der Waals surface area contributed by atoms with E-state index in [0.717, 1.165) is 25.9 Å². The zero-order valence-corrected chi connectivity index (χ0v) is 14.2. The molecular weight excluding hydrogens is 314 g/mol. The number of anilines is 2. The topological polar surface area (TPSA) is 61.4 Å². The number of benzene rings is 2. The van der Waals surface area contributed by atoms with Gasteiger partial charge in [-0.1, -0.05) is 37.1 Å². The van der Waals surface area contributed by atoms with Crippen molar-refractivity contribution in [2.24, 2.45) is 0 Å². The normalized spacial score (nSPS) is 14.5.